The van der Waals surface area contributed by atoms with Crippen LogP contribution in [0, 0.1) is 0 Å². The maximum absolute atomic E-state index is 14.4. The van der Waals surface area contributed by atoms with Crippen molar-refractivity contribution in [1.82, 2.24) is 0 Å². The van der Waals surface area contributed by atoms with Crippen molar-refractivity contribution in [3.63, 3.8) is 0 Å². The van der Waals surface area contributed by atoms with Gasteiger partial charge in [-0.2, -0.15) is 0 Å². The number of aliphatic hydroxyl groups excluding tert-OH is 2. The third-order valence-corrected chi connectivity index (χ3v) is 3.82. The second-order valence-corrected chi connectivity index (χ2v) is 5.10. The van der Waals surface area contributed by atoms with Gasteiger partial charge >= 0.3 is 0 Å². The number of carbonyl (C=O) groups excluding carboxylic acids is 1. The van der Waals surface area contributed by atoms with Gasteiger partial charge in [0.15, 0.2) is 6.10 Å². The molecule has 1 aromatic rings. The molecule has 0 radical (unpaired) electrons. The number of hydrogen-bond donors (Lipinski definition) is 2. The average molecular weight is 343 g/mol. The van der Waals surface area contributed by atoms with E-state index in [1.165, 1.54) is 0 Å². The Balaban J connectivity index is 2.68. The van der Waals surface area contributed by atoms with E-state index in [1.807, 2.05) is 0 Å². The molecule has 6 heteroatoms. The van der Waals surface area contributed by atoms with E-state index in [2.05, 4.69) is 20.7 Å². The highest BCUT2D eigenvalue weighted by molar-refractivity contribution is 9.10. The second kappa shape index (κ2) is 5.47. The lowest BCUT2D eigenvalue weighted by Gasteiger charge is -2.31. The normalized spacial score (nSPS) is 28.6. The number of alkyl halides is 1. The summed E-state index contributed by atoms with van der Waals surface area (Å²) < 4.78 is 19.7. The van der Waals surface area contributed by atoms with E-state index in [0.717, 1.165) is 13.2 Å². The Morgan fingerprint density at radius 1 is 1.45 bits per heavy atom. The van der Waals surface area contributed by atoms with Gasteiger partial charge in [0, 0.05) is 11.6 Å². The first-order valence-electron chi connectivity index (χ1n) is 5.73. The van der Waals surface area contributed by atoms with Crippen LogP contribution >= 0.6 is 15.9 Å². The Morgan fingerprint density at radius 2 is 2.10 bits per heavy atom. The molecule has 2 unspecified atom stereocenters. The van der Waals surface area contributed by atoms with Crippen molar-refractivity contribution in [2.24, 2.45) is 0 Å². The lowest BCUT2D eigenvalue weighted by Crippen LogP contribution is -2.47. The molecule has 2 atom stereocenters. The van der Waals surface area contributed by atoms with Gasteiger partial charge in [0.05, 0.1) is 11.8 Å². The number of methoxy groups -OCH3 is 1. The standard InChI is InChI=1S/C14H12BrFO4/c1-20-14(16)6-9(8-4-2-3-5-11(8)15)10(7-17)12(18)13(14)19/h2-7,13,17,19H,1H3. The molecule has 0 bridgehead atoms. The van der Waals surface area contributed by atoms with Crippen molar-refractivity contribution in [1.29, 1.82) is 0 Å². The summed E-state index contributed by atoms with van der Waals surface area (Å²) in [5.41, 5.74) is 0.487. The molecule has 20 heavy (non-hydrogen) atoms. The van der Waals surface area contributed by atoms with E-state index in [4.69, 9.17) is 0 Å². The summed E-state index contributed by atoms with van der Waals surface area (Å²) in [6.45, 7) is 0. The van der Waals surface area contributed by atoms with Gasteiger partial charge in [0.2, 0.25) is 5.78 Å². The van der Waals surface area contributed by atoms with Gasteiger partial charge < -0.3 is 14.9 Å². The zero-order valence-corrected chi connectivity index (χ0v) is 12.1. The molecule has 0 fully saturated rings. The quantitative estimate of drug-likeness (QED) is 0.640. The van der Waals surface area contributed by atoms with Crippen molar-refractivity contribution in [2.75, 3.05) is 7.11 Å². The lowest BCUT2D eigenvalue weighted by atomic mass is 9.84. The highest BCUT2D eigenvalue weighted by atomic mass is 79.9. The predicted octanol–water partition coefficient (Wildman–Crippen LogP) is 2.53. The molecule has 0 aliphatic heterocycles. The Bertz CT molecular complexity index is 611. The Kier molecular flexibility index (Phi) is 4.08. The van der Waals surface area contributed by atoms with E-state index >= 15 is 0 Å². The van der Waals surface area contributed by atoms with E-state index in [0.29, 0.717) is 16.3 Å². The van der Waals surface area contributed by atoms with Crippen molar-refractivity contribution in [2.45, 2.75) is 12.0 Å². The summed E-state index contributed by atoms with van der Waals surface area (Å²) in [7, 11) is 1.05. The molecule has 0 saturated heterocycles. The molecule has 4 nitrogen and oxygen atoms in total. The molecule has 0 heterocycles. The van der Waals surface area contributed by atoms with Gasteiger partial charge in [0.1, 0.15) is 0 Å². The largest absolute Gasteiger partial charge is 0.515 e. The van der Waals surface area contributed by atoms with Gasteiger partial charge in [-0.15, -0.1) is 0 Å². The summed E-state index contributed by atoms with van der Waals surface area (Å²) in [6.07, 6.45) is -0.468. The van der Waals surface area contributed by atoms with Gasteiger partial charge in [-0.05, 0) is 23.3 Å². The fourth-order valence-corrected chi connectivity index (χ4v) is 2.52. The van der Waals surface area contributed by atoms with Crippen LogP contribution in [0.5, 0.6) is 0 Å². The van der Waals surface area contributed by atoms with Crippen LogP contribution in [-0.4, -0.2) is 35.1 Å². The highest BCUT2D eigenvalue weighted by Gasteiger charge is 2.47. The molecule has 0 aromatic heterocycles. The molecule has 106 valence electrons. The minimum Gasteiger partial charge on any atom is -0.515 e. The van der Waals surface area contributed by atoms with Crippen molar-refractivity contribution < 1.29 is 24.1 Å². The third-order valence-electron chi connectivity index (χ3n) is 3.12. The number of hydrogen-bond acceptors (Lipinski definition) is 4. The van der Waals surface area contributed by atoms with Gasteiger partial charge in [-0.3, -0.25) is 4.79 Å². The summed E-state index contributed by atoms with van der Waals surface area (Å²) in [5.74, 6) is -3.57. The number of allylic oxidation sites excluding steroid dienone is 1. The summed E-state index contributed by atoms with van der Waals surface area (Å²) in [5, 5.41) is 18.9. The Morgan fingerprint density at radius 3 is 2.65 bits per heavy atom. The molecule has 0 amide bonds. The number of ketones is 1. The van der Waals surface area contributed by atoms with Gasteiger partial charge in [-0.25, -0.2) is 4.39 Å². The molecule has 2 N–H and O–H groups in total. The maximum Gasteiger partial charge on any atom is 0.262 e. The van der Waals surface area contributed by atoms with Crippen LogP contribution in [0.1, 0.15) is 5.56 Å². The van der Waals surface area contributed by atoms with Crippen LogP contribution in [0.4, 0.5) is 4.39 Å². The minimum absolute atomic E-state index is 0.152. The molecular formula is C14H12BrFO4. The van der Waals surface area contributed by atoms with E-state index in [1.54, 1.807) is 24.3 Å². The molecular weight excluding hydrogens is 331 g/mol. The number of halogens is 2. The molecule has 1 aromatic carbocycles. The number of aliphatic hydroxyl groups is 2. The first-order valence-corrected chi connectivity index (χ1v) is 6.52. The molecule has 2 rings (SSSR count). The Hall–Kier alpha value is -1.50. The third kappa shape index (κ3) is 2.30. The summed E-state index contributed by atoms with van der Waals surface area (Å²) in [4.78, 5) is 12.0. The molecule has 0 saturated carbocycles. The first kappa shape index (κ1) is 14.9. The van der Waals surface area contributed by atoms with Crippen LogP contribution in [0.3, 0.4) is 0 Å². The average Bonchev–Trinajstić information content (AvgIpc) is 2.45. The van der Waals surface area contributed by atoms with Crippen LogP contribution in [0.25, 0.3) is 5.57 Å². The first-order chi connectivity index (χ1) is 9.44. The number of rotatable bonds is 2. The fourth-order valence-electron chi connectivity index (χ4n) is 2.02. The van der Waals surface area contributed by atoms with Gasteiger partial charge in [0.25, 0.3) is 5.85 Å². The topological polar surface area (TPSA) is 66.8 Å². The van der Waals surface area contributed by atoms with E-state index in [9.17, 15) is 19.4 Å². The minimum atomic E-state index is -2.63. The number of Topliss-reactive ketones (excluding diaryl/α,β-unsaturated/α-hetero) is 1. The van der Waals surface area contributed by atoms with Crippen molar-refractivity contribution in [3.8, 4) is 0 Å². The zero-order chi connectivity index (χ0) is 14.9. The van der Waals surface area contributed by atoms with E-state index in [-0.39, 0.29) is 11.1 Å². The number of ether oxygens (including phenoxy) is 1. The van der Waals surface area contributed by atoms with Crippen LogP contribution in [0.15, 0.2) is 46.6 Å². The summed E-state index contributed by atoms with van der Waals surface area (Å²) in [6, 6.07) is 6.83. The fraction of sp³-hybridized carbons (Fsp3) is 0.214. The van der Waals surface area contributed by atoms with Crippen LogP contribution < -0.4 is 0 Å². The smallest absolute Gasteiger partial charge is 0.262 e. The Labute approximate surface area is 123 Å². The van der Waals surface area contributed by atoms with Crippen LogP contribution in [0.2, 0.25) is 0 Å². The molecule has 1 aliphatic rings. The number of carbonyl (C=O) groups is 1. The molecule has 0 spiro atoms. The maximum atomic E-state index is 14.4. The van der Waals surface area contributed by atoms with Crippen molar-refractivity contribution >= 4 is 27.3 Å². The number of benzene rings is 1. The monoisotopic (exact) mass is 342 g/mol. The highest BCUT2D eigenvalue weighted by Crippen LogP contribution is 2.39. The van der Waals surface area contributed by atoms with Gasteiger partial charge in [-0.1, -0.05) is 34.1 Å². The van der Waals surface area contributed by atoms with Crippen molar-refractivity contribution in [3.05, 3.63) is 52.2 Å². The van der Waals surface area contributed by atoms with E-state index < -0.39 is 17.7 Å². The zero-order valence-electron chi connectivity index (χ0n) is 10.5. The SMILES string of the molecule is COC1(F)C=C(c2ccccc2Br)C(=CO)C(=O)C1O. The second-order valence-electron chi connectivity index (χ2n) is 4.25. The lowest BCUT2D eigenvalue weighted by molar-refractivity contribution is -0.168. The molecule has 1 aliphatic carbocycles. The predicted molar refractivity (Wildman–Crippen MR) is 74.7 cm³/mol. The summed E-state index contributed by atoms with van der Waals surface area (Å²) >= 11 is 3.30. The van der Waals surface area contributed by atoms with Crippen LogP contribution in [-0.2, 0) is 9.53 Å².